The summed E-state index contributed by atoms with van der Waals surface area (Å²) >= 11 is 5.78. The summed E-state index contributed by atoms with van der Waals surface area (Å²) < 4.78 is 0. The van der Waals surface area contributed by atoms with Crippen molar-refractivity contribution in [1.29, 1.82) is 0 Å². The van der Waals surface area contributed by atoms with Gasteiger partial charge in [0.1, 0.15) is 0 Å². The van der Waals surface area contributed by atoms with Gasteiger partial charge in [-0.1, -0.05) is 11.6 Å². The Bertz CT molecular complexity index is 225. The van der Waals surface area contributed by atoms with Crippen molar-refractivity contribution in [3.8, 4) is 0 Å². The molecule has 0 spiro atoms. The molecule has 1 unspecified atom stereocenters. The van der Waals surface area contributed by atoms with E-state index in [2.05, 4.69) is 4.98 Å². The fourth-order valence-corrected chi connectivity index (χ4v) is 1.03. The van der Waals surface area contributed by atoms with Crippen LogP contribution in [0.5, 0.6) is 0 Å². The zero-order valence-corrected chi connectivity index (χ0v) is 7.69. The molecule has 0 fully saturated rings. The minimum atomic E-state index is -0.0892. The molecule has 1 aromatic rings. The van der Waals surface area contributed by atoms with Crippen LogP contribution in [0.4, 0.5) is 0 Å². The molecule has 0 aliphatic carbocycles. The highest BCUT2D eigenvalue weighted by Crippen LogP contribution is 2.16. The second kappa shape index (κ2) is 4.54. The average molecular weight is 193 g/mol. The van der Waals surface area contributed by atoms with Gasteiger partial charge in [0.15, 0.2) is 0 Å². The first-order valence-electron chi connectivity index (χ1n) is 3.08. The van der Waals surface area contributed by atoms with E-state index >= 15 is 0 Å². The first-order chi connectivity index (χ1) is 4.72. The number of halogens is 2. The number of hydrogen-bond donors (Lipinski definition) is 1. The molecule has 0 saturated heterocycles. The standard InChI is InChI=1S/C7H9ClN2.ClH/c1-5(9)7-6(8)3-2-4-10-7;/h2-5H,9H2,1H3;1H. The summed E-state index contributed by atoms with van der Waals surface area (Å²) in [5.41, 5.74) is 6.32. The van der Waals surface area contributed by atoms with E-state index in [9.17, 15) is 0 Å². The van der Waals surface area contributed by atoms with Crippen molar-refractivity contribution in [2.24, 2.45) is 5.73 Å². The normalized spacial score (nSPS) is 11.9. The SMILES string of the molecule is CC(N)c1ncccc1Cl.Cl. The van der Waals surface area contributed by atoms with E-state index in [1.165, 1.54) is 0 Å². The molecule has 1 rings (SSSR count). The molecule has 0 radical (unpaired) electrons. The minimum Gasteiger partial charge on any atom is -0.323 e. The molecule has 0 bridgehead atoms. The first kappa shape index (κ1) is 10.7. The van der Waals surface area contributed by atoms with Gasteiger partial charge in [-0.15, -0.1) is 12.4 Å². The predicted octanol–water partition coefficient (Wildman–Crippen LogP) is 2.18. The fourth-order valence-electron chi connectivity index (χ4n) is 0.733. The summed E-state index contributed by atoms with van der Waals surface area (Å²) in [6.45, 7) is 1.86. The maximum atomic E-state index is 5.78. The van der Waals surface area contributed by atoms with Crippen molar-refractivity contribution in [2.75, 3.05) is 0 Å². The van der Waals surface area contributed by atoms with E-state index in [1.807, 2.05) is 6.92 Å². The molecule has 0 aromatic carbocycles. The molecule has 1 atom stereocenters. The van der Waals surface area contributed by atoms with Crippen LogP contribution in [-0.4, -0.2) is 4.98 Å². The lowest BCUT2D eigenvalue weighted by molar-refractivity contribution is 0.781. The summed E-state index contributed by atoms with van der Waals surface area (Å²) in [5.74, 6) is 0. The van der Waals surface area contributed by atoms with Crippen LogP contribution in [0.3, 0.4) is 0 Å². The molecule has 2 nitrogen and oxygen atoms in total. The molecule has 11 heavy (non-hydrogen) atoms. The van der Waals surface area contributed by atoms with Crippen LogP contribution in [0.2, 0.25) is 5.02 Å². The van der Waals surface area contributed by atoms with E-state index in [4.69, 9.17) is 17.3 Å². The van der Waals surface area contributed by atoms with Crippen LogP contribution in [0.25, 0.3) is 0 Å². The smallest absolute Gasteiger partial charge is 0.0753 e. The topological polar surface area (TPSA) is 38.9 Å². The van der Waals surface area contributed by atoms with Crippen molar-refractivity contribution >= 4 is 24.0 Å². The van der Waals surface area contributed by atoms with E-state index in [1.54, 1.807) is 18.3 Å². The molecule has 1 aromatic heterocycles. The summed E-state index contributed by atoms with van der Waals surface area (Å²) in [6.07, 6.45) is 1.69. The first-order valence-corrected chi connectivity index (χ1v) is 3.45. The van der Waals surface area contributed by atoms with Gasteiger partial charge in [0, 0.05) is 12.2 Å². The van der Waals surface area contributed by atoms with Crippen LogP contribution in [0.1, 0.15) is 18.7 Å². The van der Waals surface area contributed by atoms with Gasteiger partial charge in [-0.3, -0.25) is 4.98 Å². The Balaban J connectivity index is 0.000001000. The maximum absolute atomic E-state index is 5.78. The van der Waals surface area contributed by atoms with Crippen molar-refractivity contribution in [1.82, 2.24) is 4.98 Å². The van der Waals surface area contributed by atoms with Crippen molar-refractivity contribution < 1.29 is 0 Å². The van der Waals surface area contributed by atoms with Crippen LogP contribution < -0.4 is 5.73 Å². The average Bonchev–Trinajstić information content (AvgIpc) is 1.88. The molecule has 1 heterocycles. The Kier molecular flexibility index (Phi) is 4.42. The Hall–Kier alpha value is -0.310. The van der Waals surface area contributed by atoms with Crippen LogP contribution >= 0.6 is 24.0 Å². The van der Waals surface area contributed by atoms with E-state index < -0.39 is 0 Å². The van der Waals surface area contributed by atoms with E-state index in [0.717, 1.165) is 5.69 Å². The number of hydrogen-bond acceptors (Lipinski definition) is 2. The van der Waals surface area contributed by atoms with Gasteiger partial charge in [-0.05, 0) is 19.1 Å². The van der Waals surface area contributed by atoms with Gasteiger partial charge in [0.25, 0.3) is 0 Å². The summed E-state index contributed by atoms with van der Waals surface area (Å²) in [6, 6.07) is 3.48. The summed E-state index contributed by atoms with van der Waals surface area (Å²) in [7, 11) is 0. The monoisotopic (exact) mass is 192 g/mol. The molecular weight excluding hydrogens is 183 g/mol. The second-order valence-electron chi connectivity index (χ2n) is 2.16. The van der Waals surface area contributed by atoms with E-state index in [-0.39, 0.29) is 18.4 Å². The molecule has 0 amide bonds. The van der Waals surface area contributed by atoms with Crippen molar-refractivity contribution in [3.05, 3.63) is 29.0 Å². The zero-order chi connectivity index (χ0) is 7.56. The molecular formula is C7H10Cl2N2. The summed E-state index contributed by atoms with van der Waals surface area (Å²) in [5, 5.41) is 0.637. The Morgan fingerprint density at radius 3 is 2.64 bits per heavy atom. The highest BCUT2D eigenvalue weighted by atomic mass is 35.5. The van der Waals surface area contributed by atoms with Gasteiger partial charge in [0.05, 0.1) is 10.7 Å². The van der Waals surface area contributed by atoms with E-state index in [0.29, 0.717) is 5.02 Å². The Morgan fingerprint density at radius 2 is 2.27 bits per heavy atom. The minimum absolute atomic E-state index is 0. The number of nitrogens with zero attached hydrogens (tertiary/aromatic N) is 1. The lowest BCUT2D eigenvalue weighted by Gasteiger charge is -2.04. The lowest BCUT2D eigenvalue weighted by Crippen LogP contribution is -2.07. The number of aromatic nitrogens is 1. The Morgan fingerprint density at radius 1 is 1.64 bits per heavy atom. The zero-order valence-electron chi connectivity index (χ0n) is 6.12. The van der Waals surface area contributed by atoms with Gasteiger partial charge < -0.3 is 5.73 Å². The van der Waals surface area contributed by atoms with Crippen LogP contribution in [-0.2, 0) is 0 Å². The third-order valence-electron chi connectivity index (χ3n) is 1.22. The highest BCUT2D eigenvalue weighted by Gasteiger charge is 2.03. The van der Waals surface area contributed by atoms with Crippen molar-refractivity contribution in [2.45, 2.75) is 13.0 Å². The second-order valence-corrected chi connectivity index (χ2v) is 2.57. The number of nitrogens with two attached hydrogens (primary N) is 1. The quantitative estimate of drug-likeness (QED) is 0.742. The Labute approximate surface area is 77.2 Å². The lowest BCUT2D eigenvalue weighted by atomic mass is 10.2. The molecule has 0 aliphatic rings. The third-order valence-corrected chi connectivity index (χ3v) is 1.54. The highest BCUT2D eigenvalue weighted by molar-refractivity contribution is 6.31. The van der Waals surface area contributed by atoms with Crippen molar-refractivity contribution in [3.63, 3.8) is 0 Å². The van der Waals surface area contributed by atoms with Crippen LogP contribution in [0.15, 0.2) is 18.3 Å². The maximum Gasteiger partial charge on any atom is 0.0753 e. The van der Waals surface area contributed by atoms with Gasteiger partial charge in [-0.2, -0.15) is 0 Å². The largest absolute Gasteiger partial charge is 0.323 e. The predicted molar refractivity (Wildman–Crippen MR) is 49.1 cm³/mol. The molecule has 2 N–H and O–H groups in total. The van der Waals surface area contributed by atoms with Gasteiger partial charge in [-0.25, -0.2) is 0 Å². The van der Waals surface area contributed by atoms with Gasteiger partial charge in [0.2, 0.25) is 0 Å². The fraction of sp³-hybridized carbons (Fsp3) is 0.286. The summed E-state index contributed by atoms with van der Waals surface area (Å²) in [4.78, 5) is 4.02. The molecule has 0 saturated carbocycles. The number of rotatable bonds is 1. The number of pyridine rings is 1. The third kappa shape index (κ3) is 2.66. The molecule has 4 heteroatoms. The van der Waals surface area contributed by atoms with Gasteiger partial charge >= 0.3 is 0 Å². The van der Waals surface area contributed by atoms with Crippen LogP contribution in [0, 0.1) is 0 Å². The molecule has 0 aliphatic heterocycles. The molecule has 62 valence electrons.